The molecule has 0 radical (unpaired) electrons. The Balaban J connectivity index is 2.32. The summed E-state index contributed by atoms with van der Waals surface area (Å²) >= 11 is 0. The maximum atomic E-state index is 13.2. The van der Waals surface area contributed by atoms with E-state index in [0.29, 0.717) is 5.69 Å². The molecule has 0 spiro atoms. The molecule has 1 atom stereocenters. The summed E-state index contributed by atoms with van der Waals surface area (Å²) in [6, 6.07) is 12.7. The monoisotopic (exact) mass is 261 g/mol. The van der Waals surface area contributed by atoms with Crippen LogP contribution in [0.2, 0.25) is 0 Å². The van der Waals surface area contributed by atoms with Gasteiger partial charge in [-0.2, -0.15) is 0 Å². The molecule has 0 aromatic heterocycles. The third-order valence-corrected chi connectivity index (χ3v) is 3.04. The Hall–Kier alpha value is -2.07. The van der Waals surface area contributed by atoms with E-state index < -0.39 is 5.54 Å². The van der Waals surface area contributed by atoms with Gasteiger partial charge in [-0.25, -0.2) is 4.39 Å². The SMILES string of the molecule is CC(CO)(Nc1cccc(F)c1)c1cccc(O)c1. The van der Waals surface area contributed by atoms with E-state index >= 15 is 0 Å². The van der Waals surface area contributed by atoms with Crippen LogP contribution in [0.5, 0.6) is 5.75 Å². The first-order chi connectivity index (χ1) is 9.03. The van der Waals surface area contributed by atoms with E-state index in [2.05, 4.69) is 5.32 Å². The van der Waals surface area contributed by atoms with Gasteiger partial charge in [0.1, 0.15) is 11.6 Å². The van der Waals surface area contributed by atoms with Crippen LogP contribution in [0.4, 0.5) is 10.1 Å². The molecule has 2 aromatic carbocycles. The van der Waals surface area contributed by atoms with Crippen molar-refractivity contribution in [3.63, 3.8) is 0 Å². The molecule has 3 nitrogen and oxygen atoms in total. The van der Waals surface area contributed by atoms with Gasteiger partial charge in [-0.15, -0.1) is 0 Å². The third-order valence-electron chi connectivity index (χ3n) is 3.04. The normalized spacial score (nSPS) is 13.8. The molecule has 19 heavy (non-hydrogen) atoms. The maximum absolute atomic E-state index is 13.2. The van der Waals surface area contributed by atoms with E-state index in [1.807, 2.05) is 0 Å². The van der Waals surface area contributed by atoms with Crippen LogP contribution < -0.4 is 5.32 Å². The summed E-state index contributed by atoms with van der Waals surface area (Å²) in [5.41, 5.74) is 0.492. The quantitative estimate of drug-likeness (QED) is 0.793. The highest BCUT2D eigenvalue weighted by Crippen LogP contribution is 2.28. The Morgan fingerprint density at radius 2 is 1.89 bits per heavy atom. The topological polar surface area (TPSA) is 52.5 Å². The zero-order chi connectivity index (χ0) is 13.9. The molecule has 0 fully saturated rings. The van der Waals surface area contributed by atoms with E-state index in [1.54, 1.807) is 43.3 Å². The number of aromatic hydroxyl groups is 1. The number of nitrogens with one attached hydrogen (secondary N) is 1. The Labute approximate surface area is 111 Å². The number of phenolic OH excluding ortho intramolecular Hbond substituents is 1. The highest BCUT2D eigenvalue weighted by molar-refractivity contribution is 5.48. The average Bonchev–Trinajstić information content (AvgIpc) is 2.38. The second kappa shape index (κ2) is 5.28. The molecule has 0 saturated heterocycles. The van der Waals surface area contributed by atoms with Crippen molar-refractivity contribution in [3.8, 4) is 5.75 Å². The lowest BCUT2D eigenvalue weighted by molar-refractivity contribution is 0.224. The lowest BCUT2D eigenvalue weighted by Crippen LogP contribution is -2.35. The molecular weight excluding hydrogens is 245 g/mol. The molecule has 4 heteroatoms. The summed E-state index contributed by atoms with van der Waals surface area (Å²) in [6.07, 6.45) is 0. The fraction of sp³-hybridized carbons (Fsp3) is 0.200. The van der Waals surface area contributed by atoms with Gasteiger partial charge in [0.05, 0.1) is 12.1 Å². The molecular formula is C15H16FNO2. The number of rotatable bonds is 4. The standard InChI is InChI=1S/C15H16FNO2/c1-15(10-18,11-4-2-7-14(19)8-11)17-13-6-3-5-12(16)9-13/h2-9,17-19H,10H2,1H3. The summed E-state index contributed by atoms with van der Waals surface area (Å²) in [6.45, 7) is 1.60. The van der Waals surface area contributed by atoms with Crippen LogP contribution in [0.25, 0.3) is 0 Å². The van der Waals surface area contributed by atoms with Gasteiger partial charge in [-0.1, -0.05) is 18.2 Å². The first kappa shape index (κ1) is 13.4. The summed E-state index contributed by atoms with van der Waals surface area (Å²) < 4.78 is 13.2. The van der Waals surface area contributed by atoms with Gasteiger partial charge in [0.25, 0.3) is 0 Å². The number of hydrogen-bond acceptors (Lipinski definition) is 3. The van der Waals surface area contributed by atoms with Crippen LogP contribution in [0.15, 0.2) is 48.5 Å². The Bertz CT molecular complexity index is 574. The second-order valence-corrected chi connectivity index (χ2v) is 4.68. The Morgan fingerprint density at radius 1 is 1.16 bits per heavy atom. The average molecular weight is 261 g/mol. The van der Waals surface area contributed by atoms with Crippen molar-refractivity contribution in [1.82, 2.24) is 0 Å². The number of hydrogen-bond donors (Lipinski definition) is 3. The summed E-state index contributed by atoms with van der Waals surface area (Å²) in [5, 5.41) is 22.2. The lowest BCUT2D eigenvalue weighted by atomic mass is 9.92. The van der Waals surface area contributed by atoms with Gasteiger partial charge >= 0.3 is 0 Å². The third kappa shape index (κ3) is 3.03. The van der Waals surface area contributed by atoms with Crippen molar-refractivity contribution in [1.29, 1.82) is 0 Å². The molecule has 3 N–H and O–H groups in total. The zero-order valence-electron chi connectivity index (χ0n) is 10.6. The number of benzene rings is 2. The number of aliphatic hydroxyl groups excluding tert-OH is 1. The predicted octanol–water partition coefficient (Wildman–Crippen LogP) is 2.85. The van der Waals surface area contributed by atoms with Gasteiger partial charge in [0.2, 0.25) is 0 Å². The van der Waals surface area contributed by atoms with E-state index in [4.69, 9.17) is 0 Å². The molecule has 0 bridgehead atoms. The predicted molar refractivity (Wildman–Crippen MR) is 72.6 cm³/mol. The molecule has 1 unspecified atom stereocenters. The Kier molecular flexibility index (Phi) is 3.71. The summed E-state index contributed by atoms with van der Waals surface area (Å²) in [7, 11) is 0. The fourth-order valence-electron chi connectivity index (χ4n) is 1.94. The summed E-state index contributed by atoms with van der Waals surface area (Å²) in [4.78, 5) is 0. The first-order valence-electron chi connectivity index (χ1n) is 5.98. The lowest BCUT2D eigenvalue weighted by Gasteiger charge is -2.30. The molecule has 0 aliphatic heterocycles. The Morgan fingerprint density at radius 3 is 2.53 bits per heavy atom. The van der Waals surface area contributed by atoms with Crippen molar-refractivity contribution in [2.24, 2.45) is 0 Å². The van der Waals surface area contributed by atoms with Crippen LogP contribution in [0, 0.1) is 5.82 Å². The highest BCUT2D eigenvalue weighted by atomic mass is 19.1. The van der Waals surface area contributed by atoms with E-state index in [1.165, 1.54) is 12.1 Å². The van der Waals surface area contributed by atoms with Gasteiger partial charge in [0, 0.05) is 5.69 Å². The van der Waals surface area contributed by atoms with Gasteiger partial charge in [-0.05, 0) is 42.8 Å². The van der Waals surface area contributed by atoms with Crippen molar-refractivity contribution in [2.45, 2.75) is 12.5 Å². The fourth-order valence-corrected chi connectivity index (χ4v) is 1.94. The van der Waals surface area contributed by atoms with Crippen LogP contribution in [-0.4, -0.2) is 16.8 Å². The number of phenols is 1. The van der Waals surface area contributed by atoms with Gasteiger partial charge in [-0.3, -0.25) is 0 Å². The van der Waals surface area contributed by atoms with Crippen molar-refractivity contribution < 1.29 is 14.6 Å². The zero-order valence-corrected chi connectivity index (χ0v) is 10.6. The van der Waals surface area contributed by atoms with Crippen LogP contribution in [0.1, 0.15) is 12.5 Å². The van der Waals surface area contributed by atoms with E-state index in [-0.39, 0.29) is 18.2 Å². The van der Waals surface area contributed by atoms with Crippen molar-refractivity contribution in [2.75, 3.05) is 11.9 Å². The van der Waals surface area contributed by atoms with E-state index in [0.717, 1.165) is 5.56 Å². The maximum Gasteiger partial charge on any atom is 0.125 e. The van der Waals surface area contributed by atoms with Crippen LogP contribution in [-0.2, 0) is 5.54 Å². The molecule has 0 amide bonds. The van der Waals surface area contributed by atoms with Gasteiger partial charge < -0.3 is 15.5 Å². The molecule has 2 rings (SSSR count). The molecule has 0 aliphatic rings. The van der Waals surface area contributed by atoms with Crippen molar-refractivity contribution >= 4 is 5.69 Å². The molecule has 2 aromatic rings. The first-order valence-corrected chi connectivity index (χ1v) is 5.98. The van der Waals surface area contributed by atoms with Crippen molar-refractivity contribution in [3.05, 3.63) is 59.9 Å². The number of anilines is 1. The number of halogens is 1. The highest BCUT2D eigenvalue weighted by Gasteiger charge is 2.26. The molecule has 100 valence electrons. The summed E-state index contributed by atoms with van der Waals surface area (Å²) in [5.74, 6) is -0.223. The second-order valence-electron chi connectivity index (χ2n) is 4.68. The number of aliphatic hydroxyl groups is 1. The minimum atomic E-state index is -0.799. The van der Waals surface area contributed by atoms with Crippen LogP contribution in [0.3, 0.4) is 0 Å². The van der Waals surface area contributed by atoms with Crippen LogP contribution >= 0.6 is 0 Å². The molecule has 0 saturated carbocycles. The minimum Gasteiger partial charge on any atom is -0.508 e. The largest absolute Gasteiger partial charge is 0.508 e. The minimum absolute atomic E-state index is 0.123. The molecule has 0 aliphatic carbocycles. The van der Waals surface area contributed by atoms with Gasteiger partial charge in [0.15, 0.2) is 0 Å². The van der Waals surface area contributed by atoms with E-state index in [9.17, 15) is 14.6 Å². The smallest absolute Gasteiger partial charge is 0.125 e. The molecule has 0 heterocycles.